The normalized spacial score (nSPS) is 10.7. The maximum absolute atomic E-state index is 12.0. The monoisotopic (exact) mass is 280 g/mol. The van der Waals surface area contributed by atoms with Gasteiger partial charge in [0.05, 0.1) is 5.02 Å². The molecule has 15 heavy (non-hydrogen) atoms. The van der Waals surface area contributed by atoms with E-state index in [1.165, 1.54) is 23.5 Å². The van der Waals surface area contributed by atoms with Crippen molar-refractivity contribution >= 4 is 52.5 Å². The quantitative estimate of drug-likeness (QED) is 0.607. The van der Waals surface area contributed by atoms with Gasteiger partial charge in [0.2, 0.25) is 0 Å². The molecule has 0 bridgehead atoms. The van der Waals surface area contributed by atoms with Crippen molar-refractivity contribution in [2.24, 2.45) is 0 Å². The van der Waals surface area contributed by atoms with Crippen LogP contribution in [0.3, 0.4) is 0 Å². The summed E-state index contributed by atoms with van der Waals surface area (Å²) < 4.78 is -0.124. The van der Waals surface area contributed by atoms with E-state index in [1.807, 2.05) is 12.5 Å². The van der Waals surface area contributed by atoms with Crippen LogP contribution in [0, 0.1) is 0 Å². The Morgan fingerprint density at radius 2 is 1.87 bits per heavy atom. The smallest absolute Gasteiger partial charge is 0.187 e. The van der Waals surface area contributed by atoms with Crippen LogP contribution < -0.4 is 0 Å². The summed E-state index contributed by atoms with van der Waals surface area (Å²) in [5.41, 5.74) is 0.498. The van der Waals surface area contributed by atoms with Crippen LogP contribution in [0.25, 0.3) is 0 Å². The lowest BCUT2D eigenvalue weighted by atomic mass is 10.1. The van der Waals surface area contributed by atoms with Crippen LogP contribution in [0.4, 0.5) is 0 Å². The molecule has 82 valence electrons. The van der Waals surface area contributed by atoms with Crippen LogP contribution in [0.1, 0.15) is 10.4 Å². The van der Waals surface area contributed by atoms with Gasteiger partial charge < -0.3 is 0 Å². The Kier molecular flexibility index (Phi) is 5.33. The Labute approximate surface area is 108 Å². The van der Waals surface area contributed by atoms with E-state index in [-0.39, 0.29) is 10.4 Å². The molecule has 0 aliphatic rings. The van der Waals surface area contributed by atoms with Crippen LogP contribution in [0.2, 0.25) is 10.0 Å². The first-order valence-corrected chi connectivity index (χ1v) is 7.48. The molecule has 1 aromatic carbocycles. The zero-order chi connectivity index (χ0) is 11.4. The second-order valence-electron chi connectivity index (χ2n) is 2.79. The number of hydrogen-bond donors (Lipinski definition) is 0. The third kappa shape index (κ3) is 3.31. The molecule has 0 radical (unpaired) electrons. The van der Waals surface area contributed by atoms with E-state index in [1.54, 1.807) is 18.2 Å². The summed E-state index contributed by atoms with van der Waals surface area (Å²) in [6.45, 7) is 0. The first-order valence-electron chi connectivity index (χ1n) is 4.15. The van der Waals surface area contributed by atoms with Gasteiger partial charge in [0, 0.05) is 10.6 Å². The number of hydrogen-bond acceptors (Lipinski definition) is 3. The summed E-state index contributed by atoms with van der Waals surface area (Å²) in [4.78, 5) is 12.0. The predicted molar refractivity (Wildman–Crippen MR) is 71.6 cm³/mol. The van der Waals surface area contributed by atoms with Gasteiger partial charge in [-0.1, -0.05) is 23.2 Å². The lowest BCUT2D eigenvalue weighted by Gasteiger charge is -2.11. The molecule has 0 unspecified atom stereocenters. The van der Waals surface area contributed by atoms with Gasteiger partial charge in [0.25, 0.3) is 0 Å². The molecule has 1 nitrogen and oxygen atoms in total. The summed E-state index contributed by atoms with van der Waals surface area (Å²) in [5, 5.41) is 0.987. The fourth-order valence-electron chi connectivity index (χ4n) is 1.12. The van der Waals surface area contributed by atoms with E-state index in [2.05, 4.69) is 0 Å². The van der Waals surface area contributed by atoms with Gasteiger partial charge in [0.1, 0.15) is 4.58 Å². The molecule has 0 atom stereocenters. The van der Waals surface area contributed by atoms with Crippen LogP contribution in [0.5, 0.6) is 0 Å². The molecular weight excluding hydrogens is 271 g/mol. The SMILES string of the molecule is CSC(SC)C(=O)c1cc(Cl)ccc1Cl. The number of carbonyl (C=O) groups is 1. The highest BCUT2D eigenvalue weighted by molar-refractivity contribution is 8.17. The summed E-state index contributed by atoms with van der Waals surface area (Å²) in [6.07, 6.45) is 3.80. The lowest BCUT2D eigenvalue weighted by Crippen LogP contribution is -2.13. The van der Waals surface area contributed by atoms with Crippen LogP contribution >= 0.6 is 46.7 Å². The van der Waals surface area contributed by atoms with Crippen molar-refractivity contribution in [1.82, 2.24) is 0 Å². The number of carbonyl (C=O) groups excluding carboxylic acids is 1. The Morgan fingerprint density at radius 3 is 2.40 bits per heavy atom. The molecule has 5 heteroatoms. The van der Waals surface area contributed by atoms with Crippen molar-refractivity contribution in [3.63, 3.8) is 0 Å². The van der Waals surface area contributed by atoms with Gasteiger partial charge in [-0.15, -0.1) is 23.5 Å². The minimum Gasteiger partial charge on any atom is -0.292 e. The number of Topliss-reactive ketones (excluding diaryl/α,β-unsaturated/α-hetero) is 1. The van der Waals surface area contributed by atoms with Crippen molar-refractivity contribution in [3.05, 3.63) is 33.8 Å². The highest BCUT2D eigenvalue weighted by Crippen LogP contribution is 2.28. The van der Waals surface area contributed by atoms with Crippen molar-refractivity contribution in [1.29, 1.82) is 0 Å². The Morgan fingerprint density at radius 1 is 1.27 bits per heavy atom. The molecule has 0 N–H and O–H groups in total. The zero-order valence-electron chi connectivity index (χ0n) is 8.29. The van der Waals surface area contributed by atoms with Crippen LogP contribution in [-0.4, -0.2) is 22.9 Å². The fraction of sp³-hybridized carbons (Fsp3) is 0.300. The largest absolute Gasteiger partial charge is 0.292 e. The van der Waals surface area contributed by atoms with Crippen molar-refractivity contribution in [2.75, 3.05) is 12.5 Å². The minimum atomic E-state index is -0.124. The summed E-state index contributed by atoms with van der Waals surface area (Å²) in [7, 11) is 0. The third-order valence-corrected chi connectivity index (χ3v) is 4.84. The third-order valence-electron chi connectivity index (χ3n) is 1.84. The van der Waals surface area contributed by atoms with Crippen molar-refractivity contribution in [3.8, 4) is 0 Å². The summed E-state index contributed by atoms with van der Waals surface area (Å²) in [5.74, 6) is 0.0162. The van der Waals surface area contributed by atoms with E-state index < -0.39 is 0 Å². The Hall–Kier alpha value is 0.170. The van der Waals surface area contributed by atoms with Gasteiger partial charge in [0.15, 0.2) is 5.78 Å². The molecule has 0 saturated heterocycles. The molecule has 0 fully saturated rings. The van der Waals surface area contributed by atoms with Gasteiger partial charge in [-0.3, -0.25) is 4.79 Å². The molecule has 0 aliphatic heterocycles. The number of rotatable bonds is 4. The van der Waals surface area contributed by atoms with E-state index >= 15 is 0 Å². The number of thioether (sulfide) groups is 2. The molecule has 0 saturated carbocycles. The number of benzene rings is 1. The Balaban J connectivity index is 3.04. The van der Waals surface area contributed by atoms with E-state index in [9.17, 15) is 4.79 Å². The molecular formula is C10H10Cl2OS2. The molecule has 0 aromatic heterocycles. The number of ketones is 1. The fourth-order valence-corrected chi connectivity index (χ4v) is 2.96. The minimum absolute atomic E-state index is 0.0162. The molecule has 0 heterocycles. The molecule has 1 rings (SSSR count). The number of halogens is 2. The second kappa shape index (κ2) is 6.04. The van der Waals surface area contributed by atoms with Crippen LogP contribution in [-0.2, 0) is 0 Å². The van der Waals surface area contributed by atoms with Gasteiger partial charge >= 0.3 is 0 Å². The van der Waals surface area contributed by atoms with Gasteiger partial charge in [-0.2, -0.15) is 0 Å². The van der Waals surface area contributed by atoms with E-state index in [4.69, 9.17) is 23.2 Å². The molecule has 1 aromatic rings. The lowest BCUT2D eigenvalue weighted by molar-refractivity contribution is 0.101. The maximum Gasteiger partial charge on any atom is 0.187 e. The van der Waals surface area contributed by atoms with E-state index in [0.29, 0.717) is 15.6 Å². The predicted octanol–water partition coefficient (Wildman–Crippen LogP) is 4.23. The second-order valence-corrected chi connectivity index (χ2v) is 5.82. The first kappa shape index (κ1) is 13.2. The first-order chi connectivity index (χ1) is 7.10. The summed E-state index contributed by atoms with van der Waals surface area (Å²) >= 11 is 14.8. The molecule has 0 amide bonds. The van der Waals surface area contributed by atoms with Crippen molar-refractivity contribution < 1.29 is 4.79 Å². The average Bonchev–Trinajstić information content (AvgIpc) is 2.23. The van der Waals surface area contributed by atoms with Crippen molar-refractivity contribution in [2.45, 2.75) is 4.58 Å². The standard InChI is InChI=1S/C10H10Cl2OS2/c1-14-10(15-2)9(13)7-5-6(11)3-4-8(7)12/h3-5,10H,1-2H3. The maximum atomic E-state index is 12.0. The average molecular weight is 281 g/mol. The highest BCUT2D eigenvalue weighted by atomic mass is 35.5. The summed E-state index contributed by atoms with van der Waals surface area (Å²) in [6, 6.07) is 4.94. The molecule has 0 spiro atoms. The van der Waals surface area contributed by atoms with Gasteiger partial charge in [-0.05, 0) is 30.7 Å². The van der Waals surface area contributed by atoms with Gasteiger partial charge in [-0.25, -0.2) is 0 Å². The molecule has 0 aliphatic carbocycles. The van der Waals surface area contributed by atoms with Crippen LogP contribution in [0.15, 0.2) is 18.2 Å². The topological polar surface area (TPSA) is 17.1 Å². The zero-order valence-corrected chi connectivity index (χ0v) is 11.4. The van der Waals surface area contributed by atoms with E-state index in [0.717, 1.165) is 0 Å². The highest BCUT2D eigenvalue weighted by Gasteiger charge is 2.20. The Bertz CT molecular complexity index is 364.